The smallest absolute Gasteiger partial charge is 0.261 e. The Morgan fingerprint density at radius 1 is 0.868 bits per heavy atom. The summed E-state index contributed by atoms with van der Waals surface area (Å²) in [5.74, 6) is 0.0141. The Kier molecular flexibility index (Phi) is 9.74. The van der Waals surface area contributed by atoms with E-state index in [2.05, 4.69) is 90.1 Å². The van der Waals surface area contributed by atoms with E-state index in [1.807, 2.05) is 42.2 Å². The molecule has 0 saturated heterocycles. The van der Waals surface area contributed by atoms with Gasteiger partial charge in [-0.1, -0.05) is 99.1 Å². The van der Waals surface area contributed by atoms with Crippen LogP contribution in [0.1, 0.15) is 69.4 Å². The van der Waals surface area contributed by atoms with Crippen LogP contribution in [0.4, 0.5) is 0 Å². The maximum atomic E-state index is 14.0. The fraction of sp³-hybridized carbons (Fsp3) is 0.424. The first kappa shape index (κ1) is 29.8. The van der Waals surface area contributed by atoms with Gasteiger partial charge in [-0.2, -0.15) is 0 Å². The quantitative estimate of drug-likeness (QED) is 0.340. The number of hydrogen-bond donors (Lipinski definition) is 1. The van der Waals surface area contributed by atoms with Gasteiger partial charge in [0.1, 0.15) is 0 Å². The van der Waals surface area contributed by atoms with Crippen molar-refractivity contribution in [3.8, 4) is 0 Å². The molecule has 0 fully saturated rings. The van der Waals surface area contributed by atoms with Gasteiger partial charge >= 0.3 is 0 Å². The lowest BCUT2D eigenvalue weighted by atomic mass is 9.97. The van der Waals surface area contributed by atoms with Gasteiger partial charge in [-0.05, 0) is 67.6 Å². The fourth-order valence-corrected chi connectivity index (χ4v) is 9.87. The molecule has 0 radical (unpaired) electrons. The van der Waals surface area contributed by atoms with Crippen LogP contribution < -0.4 is 10.4 Å². The zero-order chi connectivity index (χ0) is 28.0. The van der Waals surface area contributed by atoms with E-state index >= 15 is 0 Å². The third kappa shape index (κ3) is 6.63. The highest BCUT2D eigenvalue weighted by Gasteiger charge is 2.50. The van der Waals surface area contributed by atoms with E-state index in [1.54, 1.807) is 0 Å². The van der Waals surface area contributed by atoms with Crippen LogP contribution >= 0.6 is 0 Å². The van der Waals surface area contributed by atoms with Crippen LogP contribution in [-0.2, 0) is 10.8 Å². The highest BCUT2D eigenvalue weighted by Crippen LogP contribution is 2.36. The summed E-state index contributed by atoms with van der Waals surface area (Å²) in [5.41, 5.74) is 2.37. The lowest BCUT2D eigenvalue weighted by Crippen LogP contribution is -2.67. The molecule has 5 heteroatoms. The molecule has 0 aromatic heterocycles. The second-order valence-corrected chi connectivity index (χ2v) is 16.4. The zero-order valence-electron chi connectivity index (χ0n) is 24.3. The van der Waals surface area contributed by atoms with Gasteiger partial charge in [-0.25, -0.2) is 0 Å². The van der Waals surface area contributed by atoms with Crippen molar-refractivity contribution in [2.75, 3.05) is 19.8 Å². The first-order valence-corrected chi connectivity index (χ1v) is 15.6. The summed E-state index contributed by atoms with van der Waals surface area (Å²) >= 11 is 0. The number of rotatable bonds is 10. The summed E-state index contributed by atoms with van der Waals surface area (Å²) in [5, 5.41) is 11.7. The van der Waals surface area contributed by atoms with Crippen molar-refractivity contribution in [2.24, 2.45) is 0 Å². The predicted octanol–water partition coefficient (Wildman–Crippen LogP) is 5.74. The van der Waals surface area contributed by atoms with E-state index < -0.39 is 8.32 Å². The minimum Gasteiger partial charge on any atom is -0.406 e. The van der Waals surface area contributed by atoms with Crippen molar-refractivity contribution in [1.82, 2.24) is 4.90 Å². The van der Waals surface area contributed by atoms with Gasteiger partial charge in [0, 0.05) is 24.3 Å². The second-order valence-electron chi connectivity index (χ2n) is 12.1. The second kappa shape index (κ2) is 12.4. The van der Waals surface area contributed by atoms with Gasteiger partial charge in [0.15, 0.2) is 0 Å². The molecule has 1 amide bonds. The van der Waals surface area contributed by atoms with Crippen molar-refractivity contribution in [1.29, 1.82) is 0 Å². The molecule has 0 aliphatic heterocycles. The Balaban J connectivity index is 1.98. The van der Waals surface area contributed by atoms with E-state index in [4.69, 9.17) is 4.43 Å². The van der Waals surface area contributed by atoms with Crippen LogP contribution in [0, 0.1) is 6.92 Å². The SMILES string of the molecule is Cc1ccc(CCCO)c(C(=O)N(CCO[Si](c2ccccc2)(c2ccccc2)C(C)(C)C)C(C)(C)C)c1. The number of nitrogens with zero attached hydrogens (tertiary/aromatic N) is 1. The van der Waals surface area contributed by atoms with E-state index in [0.717, 1.165) is 16.7 Å². The maximum absolute atomic E-state index is 14.0. The number of hydrogen-bond acceptors (Lipinski definition) is 3. The highest BCUT2D eigenvalue weighted by atomic mass is 28.4. The maximum Gasteiger partial charge on any atom is 0.261 e. The van der Waals surface area contributed by atoms with Gasteiger partial charge in [0.05, 0.1) is 6.61 Å². The van der Waals surface area contributed by atoms with Crippen LogP contribution in [0.5, 0.6) is 0 Å². The van der Waals surface area contributed by atoms with Crippen molar-refractivity contribution in [2.45, 2.75) is 71.9 Å². The van der Waals surface area contributed by atoms with E-state index in [-0.39, 0.29) is 23.1 Å². The average Bonchev–Trinajstić information content (AvgIpc) is 2.87. The monoisotopic (exact) mass is 531 g/mol. The molecule has 4 nitrogen and oxygen atoms in total. The average molecular weight is 532 g/mol. The van der Waals surface area contributed by atoms with Gasteiger partial charge in [0.25, 0.3) is 14.2 Å². The fourth-order valence-electron chi connectivity index (χ4n) is 5.32. The van der Waals surface area contributed by atoms with Crippen molar-refractivity contribution in [3.63, 3.8) is 0 Å². The standard InChI is InChI=1S/C33H45NO3Si/c1-26-20-21-27(15-14-23-35)30(25-26)31(36)34(32(2,3)4)22-24-37-38(33(5,6)7,28-16-10-8-11-17-28)29-18-12-9-13-19-29/h8-13,16-21,25,35H,14-15,22-24H2,1-7H3. The van der Waals surface area contributed by atoms with Crippen LogP contribution in [0.25, 0.3) is 0 Å². The minimum absolute atomic E-state index is 0.0141. The molecular weight excluding hydrogens is 486 g/mol. The van der Waals surface area contributed by atoms with E-state index in [1.165, 1.54) is 10.4 Å². The van der Waals surface area contributed by atoms with Crippen molar-refractivity contribution in [3.05, 3.63) is 95.6 Å². The first-order chi connectivity index (χ1) is 17.9. The molecule has 0 bridgehead atoms. The number of amides is 1. The van der Waals surface area contributed by atoms with Crippen LogP contribution in [-0.4, -0.2) is 49.5 Å². The van der Waals surface area contributed by atoms with Gasteiger partial charge in [0.2, 0.25) is 0 Å². The van der Waals surface area contributed by atoms with Crippen molar-refractivity contribution >= 4 is 24.6 Å². The summed E-state index contributed by atoms with van der Waals surface area (Å²) in [4.78, 5) is 16.0. The minimum atomic E-state index is -2.69. The molecule has 0 atom stereocenters. The molecule has 0 spiro atoms. The number of benzene rings is 3. The third-order valence-corrected chi connectivity index (χ3v) is 12.2. The molecule has 38 heavy (non-hydrogen) atoms. The molecule has 3 rings (SSSR count). The number of aryl methyl sites for hydroxylation is 2. The molecule has 0 saturated carbocycles. The van der Waals surface area contributed by atoms with Crippen LogP contribution in [0.15, 0.2) is 78.9 Å². The Hall–Kier alpha value is -2.73. The molecule has 1 N–H and O–H groups in total. The summed E-state index contributed by atoms with van der Waals surface area (Å²) in [6.07, 6.45) is 1.31. The van der Waals surface area contributed by atoms with E-state index in [9.17, 15) is 9.90 Å². The third-order valence-electron chi connectivity index (χ3n) is 7.21. The Labute approximate surface area is 230 Å². The molecular formula is C33H45NO3Si. The Morgan fingerprint density at radius 2 is 1.42 bits per heavy atom. The number of aliphatic hydroxyl groups excluding tert-OH is 1. The largest absolute Gasteiger partial charge is 0.406 e. The molecule has 0 aliphatic rings. The zero-order valence-corrected chi connectivity index (χ0v) is 25.3. The van der Waals surface area contributed by atoms with Gasteiger partial charge < -0.3 is 14.4 Å². The van der Waals surface area contributed by atoms with Crippen molar-refractivity contribution < 1.29 is 14.3 Å². The molecule has 0 unspecified atom stereocenters. The predicted molar refractivity (Wildman–Crippen MR) is 161 cm³/mol. The molecule has 0 heterocycles. The van der Waals surface area contributed by atoms with Gasteiger partial charge in [-0.3, -0.25) is 4.79 Å². The Morgan fingerprint density at radius 3 is 1.89 bits per heavy atom. The summed E-state index contributed by atoms with van der Waals surface area (Å²) < 4.78 is 7.11. The Bertz CT molecular complexity index is 1140. The molecule has 3 aromatic carbocycles. The summed E-state index contributed by atoms with van der Waals surface area (Å²) in [7, 11) is -2.69. The van der Waals surface area contributed by atoms with Gasteiger partial charge in [-0.15, -0.1) is 0 Å². The van der Waals surface area contributed by atoms with Crippen LogP contribution in [0.3, 0.4) is 0 Å². The topological polar surface area (TPSA) is 49.8 Å². The number of carbonyl (C=O) groups is 1. The molecule has 3 aromatic rings. The first-order valence-electron chi connectivity index (χ1n) is 13.7. The lowest BCUT2D eigenvalue weighted by Gasteiger charge is -2.44. The molecule has 204 valence electrons. The number of aliphatic hydroxyl groups is 1. The van der Waals surface area contributed by atoms with Crippen LogP contribution in [0.2, 0.25) is 5.04 Å². The molecule has 0 aliphatic carbocycles. The highest BCUT2D eigenvalue weighted by molar-refractivity contribution is 6.99. The normalized spacial score (nSPS) is 12.4. The number of carbonyl (C=O) groups excluding carboxylic acids is 1. The lowest BCUT2D eigenvalue weighted by molar-refractivity contribution is 0.0534. The summed E-state index contributed by atoms with van der Waals surface area (Å²) in [6.45, 7) is 16.1. The van der Waals surface area contributed by atoms with E-state index in [0.29, 0.717) is 26.0 Å². The summed E-state index contributed by atoms with van der Waals surface area (Å²) in [6, 6.07) is 27.3.